The molecule has 0 atom stereocenters. The number of carbonyl (C=O) groups excluding carboxylic acids is 1. The highest BCUT2D eigenvalue weighted by Crippen LogP contribution is 2.29. The molecule has 150 valence electrons. The van der Waals surface area contributed by atoms with Gasteiger partial charge in [0.05, 0.1) is 11.0 Å². The van der Waals surface area contributed by atoms with E-state index in [-0.39, 0.29) is 17.4 Å². The van der Waals surface area contributed by atoms with Crippen LogP contribution in [0.15, 0.2) is 66.7 Å². The molecule has 0 saturated carbocycles. The lowest BCUT2D eigenvalue weighted by Gasteiger charge is -2.14. The molecule has 30 heavy (non-hydrogen) atoms. The number of anilines is 4. The Hall–Kier alpha value is -4.33. The van der Waals surface area contributed by atoms with Gasteiger partial charge in [0.1, 0.15) is 11.5 Å². The van der Waals surface area contributed by atoms with Gasteiger partial charge in [-0.1, -0.05) is 0 Å². The van der Waals surface area contributed by atoms with Crippen LogP contribution in [0, 0.1) is 0 Å². The molecule has 4 aromatic rings. The van der Waals surface area contributed by atoms with E-state index in [1.165, 1.54) is 0 Å². The highest BCUT2D eigenvalue weighted by atomic mass is 16.3. The van der Waals surface area contributed by atoms with Crippen molar-refractivity contribution in [1.29, 1.82) is 0 Å². The number of phenols is 2. The molecular formula is C22H19N5O3. The third-order valence-corrected chi connectivity index (χ3v) is 4.41. The summed E-state index contributed by atoms with van der Waals surface area (Å²) >= 11 is 0. The van der Waals surface area contributed by atoms with Crippen LogP contribution in [-0.2, 0) is 0 Å². The van der Waals surface area contributed by atoms with Crippen molar-refractivity contribution in [1.82, 2.24) is 15.3 Å². The Bertz CT molecular complexity index is 1210. The number of aromatic nitrogens is 2. The molecule has 0 unspecified atom stereocenters. The van der Waals surface area contributed by atoms with Crippen molar-refractivity contribution in [3.63, 3.8) is 0 Å². The molecule has 1 aromatic heterocycles. The molecule has 1 amide bonds. The van der Waals surface area contributed by atoms with Gasteiger partial charge in [-0.3, -0.25) is 4.79 Å². The zero-order valence-corrected chi connectivity index (χ0v) is 16.0. The molecule has 5 N–H and O–H groups in total. The number of phenolic OH excluding ortho intramolecular Hbond substituents is 2. The van der Waals surface area contributed by atoms with E-state index in [4.69, 9.17) is 0 Å². The Morgan fingerprint density at radius 3 is 1.73 bits per heavy atom. The summed E-state index contributed by atoms with van der Waals surface area (Å²) in [6.45, 7) is 0. The summed E-state index contributed by atoms with van der Waals surface area (Å²) in [7, 11) is 1.57. The standard InChI is InChI=1S/C22H19N5O3/c1-23-22(30)13-2-11-18-19(12-13)27-21(25-15-5-9-17(29)10-6-15)20(26-18)24-14-3-7-16(28)8-4-14/h2-12,28-29H,1H3,(H,23,30)(H,24,26)(H,25,27). The normalized spacial score (nSPS) is 10.6. The Labute approximate surface area is 172 Å². The number of nitrogens with one attached hydrogen (secondary N) is 3. The van der Waals surface area contributed by atoms with E-state index < -0.39 is 0 Å². The minimum atomic E-state index is -0.210. The predicted molar refractivity (Wildman–Crippen MR) is 116 cm³/mol. The second kappa shape index (κ2) is 7.96. The molecule has 3 aromatic carbocycles. The molecule has 0 spiro atoms. The summed E-state index contributed by atoms with van der Waals surface area (Å²) < 4.78 is 0. The van der Waals surface area contributed by atoms with E-state index in [1.807, 2.05) is 0 Å². The monoisotopic (exact) mass is 401 g/mol. The van der Waals surface area contributed by atoms with Crippen molar-refractivity contribution in [2.75, 3.05) is 17.7 Å². The highest BCUT2D eigenvalue weighted by Gasteiger charge is 2.12. The molecule has 0 radical (unpaired) electrons. The van der Waals surface area contributed by atoms with Gasteiger partial charge in [-0.25, -0.2) is 9.97 Å². The van der Waals surface area contributed by atoms with Gasteiger partial charge in [0.15, 0.2) is 11.6 Å². The average molecular weight is 401 g/mol. The Balaban J connectivity index is 1.78. The maximum absolute atomic E-state index is 12.0. The number of nitrogens with zero attached hydrogens (tertiary/aromatic N) is 2. The molecular weight excluding hydrogens is 382 g/mol. The first-order valence-electron chi connectivity index (χ1n) is 9.18. The molecule has 0 aliphatic rings. The van der Waals surface area contributed by atoms with Gasteiger partial charge in [0, 0.05) is 24.0 Å². The summed E-state index contributed by atoms with van der Waals surface area (Å²) in [5.41, 5.74) is 3.07. The fraction of sp³-hybridized carbons (Fsp3) is 0.0455. The second-order valence-electron chi connectivity index (χ2n) is 6.55. The van der Waals surface area contributed by atoms with Gasteiger partial charge in [0.25, 0.3) is 5.91 Å². The van der Waals surface area contributed by atoms with Crippen LogP contribution < -0.4 is 16.0 Å². The average Bonchev–Trinajstić information content (AvgIpc) is 2.76. The van der Waals surface area contributed by atoms with Crippen LogP contribution in [0.1, 0.15) is 10.4 Å². The second-order valence-corrected chi connectivity index (χ2v) is 6.55. The maximum Gasteiger partial charge on any atom is 0.251 e. The van der Waals surface area contributed by atoms with Crippen molar-refractivity contribution in [3.05, 3.63) is 72.3 Å². The molecule has 1 heterocycles. The molecule has 8 nitrogen and oxygen atoms in total. The van der Waals surface area contributed by atoms with Crippen LogP contribution in [0.3, 0.4) is 0 Å². The van der Waals surface area contributed by atoms with Crippen molar-refractivity contribution in [2.45, 2.75) is 0 Å². The minimum Gasteiger partial charge on any atom is -0.508 e. The van der Waals surface area contributed by atoms with E-state index in [0.29, 0.717) is 33.9 Å². The smallest absolute Gasteiger partial charge is 0.251 e. The van der Waals surface area contributed by atoms with E-state index in [1.54, 1.807) is 73.8 Å². The highest BCUT2D eigenvalue weighted by molar-refractivity contribution is 5.97. The number of benzene rings is 3. The van der Waals surface area contributed by atoms with Crippen molar-refractivity contribution in [3.8, 4) is 11.5 Å². The number of aromatic hydroxyl groups is 2. The molecule has 0 saturated heterocycles. The lowest BCUT2D eigenvalue weighted by Crippen LogP contribution is -2.17. The molecule has 0 aliphatic heterocycles. The first kappa shape index (κ1) is 19.0. The minimum absolute atomic E-state index is 0.155. The number of carbonyl (C=O) groups is 1. The van der Waals surface area contributed by atoms with Crippen LogP contribution in [-0.4, -0.2) is 33.1 Å². The van der Waals surface area contributed by atoms with Gasteiger partial charge in [0.2, 0.25) is 0 Å². The van der Waals surface area contributed by atoms with Gasteiger partial charge >= 0.3 is 0 Å². The summed E-state index contributed by atoms with van der Waals surface area (Å²) in [4.78, 5) is 21.3. The Morgan fingerprint density at radius 2 is 1.23 bits per heavy atom. The third kappa shape index (κ3) is 4.07. The van der Waals surface area contributed by atoms with E-state index in [2.05, 4.69) is 25.9 Å². The lowest BCUT2D eigenvalue weighted by molar-refractivity contribution is 0.0963. The Kier molecular flexibility index (Phi) is 5.04. The molecule has 0 bridgehead atoms. The first-order chi connectivity index (χ1) is 14.5. The number of hydrogen-bond donors (Lipinski definition) is 5. The summed E-state index contributed by atoms with van der Waals surface area (Å²) in [6.07, 6.45) is 0. The number of fused-ring (bicyclic) bond motifs is 1. The number of amides is 1. The first-order valence-corrected chi connectivity index (χ1v) is 9.18. The Morgan fingerprint density at radius 1 is 0.733 bits per heavy atom. The zero-order valence-electron chi connectivity index (χ0n) is 16.0. The maximum atomic E-state index is 12.0. The van der Waals surface area contributed by atoms with Crippen molar-refractivity contribution >= 4 is 40.0 Å². The van der Waals surface area contributed by atoms with E-state index in [0.717, 1.165) is 5.69 Å². The molecule has 8 heteroatoms. The predicted octanol–water partition coefficient (Wildman–Crippen LogP) is 3.89. The largest absolute Gasteiger partial charge is 0.508 e. The van der Waals surface area contributed by atoms with Gasteiger partial charge < -0.3 is 26.2 Å². The SMILES string of the molecule is CNC(=O)c1ccc2nc(Nc3ccc(O)cc3)c(Nc3ccc(O)cc3)nc2c1. The number of rotatable bonds is 5. The van der Waals surface area contributed by atoms with E-state index >= 15 is 0 Å². The fourth-order valence-electron chi connectivity index (χ4n) is 2.88. The fourth-order valence-corrected chi connectivity index (χ4v) is 2.88. The zero-order chi connectivity index (χ0) is 21.1. The molecule has 4 rings (SSSR count). The van der Waals surface area contributed by atoms with Gasteiger partial charge in [-0.2, -0.15) is 0 Å². The van der Waals surface area contributed by atoms with Crippen LogP contribution in [0.4, 0.5) is 23.0 Å². The van der Waals surface area contributed by atoms with Gasteiger partial charge in [-0.15, -0.1) is 0 Å². The number of hydrogen-bond acceptors (Lipinski definition) is 7. The van der Waals surface area contributed by atoms with Crippen LogP contribution in [0.25, 0.3) is 11.0 Å². The lowest BCUT2D eigenvalue weighted by atomic mass is 10.2. The third-order valence-electron chi connectivity index (χ3n) is 4.41. The summed E-state index contributed by atoms with van der Waals surface area (Å²) in [5.74, 6) is 1.01. The van der Waals surface area contributed by atoms with Crippen LogP contribution in [0.2, 0.25) is 0 Å². The topological polar surface area (TPSA) is 119 Å². The van der Waals surface area contributed by atoms with Gasteiger partial charge in [-0.05, 0) is 66.7 Å². The molecule has 0 fully saturated rings. The summed E-state index contributed by atoms with van der Waals surface area (Å²) in [6, 6.07) is 18.2. The molecule has 0 aliphatic carbocycles. The van der Waals surface area contributed by atoms with E-state index in [9.17, 15) is 15.0 Å². The van der Waals surface area contributed by atoms with Crippen LogP contribution >= 0.6 is 0 Å². The van der Waals surface area contributed by atoms with Crippen molar-refractivity contribution in [2.24, 2.45) is 0 Å². The van der Waals surface area contributed by atoms with Crippen molar-refractivity contribution < 1.29 is 15.0 Å². The van der Waals surface area contributed by atoms with Crippen LogP contribution in [0.5, 0.6) is 11.5 Å². The quantitative estimate of drug-likeness (QED) is 0.322. The summed E-state index contributed by atoms with van der Waals surface area (Å²) in [5, 5.41) is 28.0.